The molecule has 2 N–H and O–H groups in total. The van der Waals surface area contributed by atoms with Crippen molar-refractivity contribution < 1.29 is 14.6 Å². The van der Waals surface area contributed by atoms with Crippen LogP contribution in [0.4, 0.5) is 0 Å². The van der Waals surface area contributed by atoms with Gasteiger partial charge in [-0.3, -0.25) is 4.90 Å². The topological polar surface area (TPSA) is 87.6 Å². The Labute approximate surface area is 123 Å². The molecule has 0 spiro atoms. The number of rotatable bonds is 5. The van der Waals surface area contributed by atoms with Crippen LogP contribution in [0.25, 0.3) is 0 Å². The van der Waals surface area contributed by atoms with Crippen LogP contribution >= 0.6 is 0 Å². The maximum absolute atomic E-state index is 11.1. The van der Waals surface area contributed by atoms with E-state index in [0.717, 1.165) is 13.2 Å². The molecule has 1 aromatic rings. The molecule has 2 aliphatic heterocycles. The maximum Gasteiger partial charge on any atom is 0.339 e. The third-order valence-electron chi connectivity index (χ3n) is 4.15. The second kappa shape index (κ2) is 6.46. The summed E-state index contributed by atoms with van der Waals surface area (Å²) in [6, 6.07) is 0.599. The highest BCUT2D eigenvalue weighted by Crippen LogP contribution is 2.22. The van der Waals surface area contributed by atoms with Crippen LogP contribution in [0.3, 0.4) is 0 Å². The number of aromatic nitrogens is 2. The van der Waals surface area contributed by atoms with E-state index >= 15 is 0 Å². The third kappa shape index (κ3) is 3.37. The maximum atomic E-state index is 11.1. The van der Waals surface area contributed by atoms with E-state index in [2.05, 4.69) is 20.2 Å². The largest absolute Gasteiger partial charge is 0.478 e. The minimum atomic E-state index is -0.999. The quantitative estimate of drug-likeness (QED) is 0.797. The number of carboxylic acid groups (broad SMARTS) is 1. The fraction of sp³-hybridized carbons (Fsp3) is 0.643. The molecule has 0 radical (unpaired) electrons. The van der Waals surface area contributed by atoms with Gasteiger partial charge in [-0.1, -0.05) is 0 Å². The summed E-state index contributed by atoms with van der Waals surface area (Å²) in [5.74, 6) is -0.999. The summed E-state index contributed by atoms with van der Waals surface area (Å²) in [5.41, 5.74) is 0.654. The first kappa shape index (κ1) is 14.4. The van der Waals surface area contributed by atoms with Crippen LogP contribution < -0.4 is 5.32 Å². The summed E-state index contributed by atoms with van der Waals surface area (Å²) >= 11 is 0. The zero-order chi connectivity index (χ0) is 14.7. The van der Waals surface area contributed by atoms with Gasteiger partial charge >= 0.3 is 5.97 Å². The van der Waals surface area contributed by atoms with Gasteiger partial charge in [-0.05, 0) is 19.4 Å². The molecule has 2 aliphatic rings. The van der Waals surface area contributed by atoms with Crippen LogP contribution in [0.5, 0.6) is 0 Å². The van der Waals surface area contributed by atoms with Gasteiger partial charge < -0.3 is 15.2 Å². The van der Waals surface area contributed by atoms with Crippen molar-refractivity contribution in [3.63, 3.8) is 0 Å². The molecule has 3 rings (SSSR count). The van der Waals surface area contributed by atoms with Crippen LogP contribution in [0.15, 0.2) is 12.5 Å². The molecular formula is C14H20N4O3. The van der Waals surface area contributed by atoms with E-state index in [1.807, 2.05) is 0 Å². The normalized spacial score (nSPS) is 25.7. The molecule has 0 saturated carbocycles. The van der Waals surface area contributed by atoms with Crippen LogP contribution in [0.2, 0.25) is 0 Å². The van der Waals surface area contributed by atoms with E-state index in [1.165, 1.54) is 31.9 Å². The molecule has 2 saturated heterocycles. The van der Waals surface area contributed by atoms with E-state index in [4.69, 9.17) is 9.84 Å². The lowest BCUT2D eigenvalue weighted by Crippen LogP contribution is -2.49. The van der Waals surface area contributed by atoms with Crippen LogP contribution in [0.1, 0.15) is 28.9 Å². The molecule has 114 valence electrons. The Bertz CT molecular complexity index is 511. The van der Waals surface area contributed by atoms with Gasteiger partial charge in [0.05, 0.1) is 18.4 Å². The van der Waals surface area contributed by atoms with Gasteiger partial charge in [0, 0.05) is 31.9 Å². The Balaban J connectivity index is 1.49. The number of nitrogens with zero attached hydrogens (tertiary/aromatic N) is 3. The Morgan fingerprint density at radius 1 is 1.57 bits per heavy atom. The minimum absolute atomic E-state index is 0.147. The Kier molecular flexibility index (Phi) is 4.42. The van der Waals surface area contributed by atoms with Gasteiger partial charge in [0.1, 0.15) is 11.9 Å². The fourth-order valence-corrected chi connectivity index (χ4v) is 3.04. The van der Waals surface area contributed by atoms with Crippen molar-refractivity contribution in [1.82, 2.24) is 20.2 Å². The molecule has 0 aromatic carbocycles. The van der Waals surface area contributed by atoms with E-state index in [0.29, 0.717) is 24.8 Å². The molecular weight excluding hydrogens is 272 g/mol. The predicted octanol–water partition coefficient (Wildman–Crippen LogP) is 0.128. The highest BCUT2D eigenvalue weighted by molar-refractivity contribution is 5.88. The van der Waals surface area contributed by atoms with E-state index < -0.39 is 5.97 Å². The third-order valence-corrected chi connectivity index (χ3v) is 4.15. The fourth-order valence-electron chi connectivity index (χ4n) is 3.04. The summed E-state index contributed by atoms with van der Waals surface area (Å²) in [6.45, 7) is 4.03. The van der Waals surface area contributed by atoms with Crippen LogP contribution in [-0.4, -0.2) is 64.3 Å². The smallest absolute Gasteiger partial charge is 0.339 e. The van der Waals surface area contributed by atoms with Crippen molar-refractivity contribution in [2.75, 3.05) is 26.2 Å². The lowest BCUT2D eigenvalue weighted by atomic mass is 10.2. The first-order chi connectivity index (χ1) is 10.2. The van der Waals surface area contributed by atoms with Gasteiger partial charge in [0.2, 0.25) is 0 Å². The molecule has 1 aromatic heterocycles. The minimum Gasteiger partial charge on any atom is -0.478 e. The van der Waals surface area contributed by atoms with Gasteiger partial charge in [0.25, 0.3) is 0 Å². The zero-order valence-electron chi connectivity index (χ0n) is 11.9. The number of nitrogens with one attached hydrogen (secondary N) is 1. The molecule has 0 aliphatic carbocycles. The Morgan fingerprint density at radius 3 is 3.33 bits per heavy atom. The Morgan fingerprint density at radius 2 is 2.48 bits per heavy atom. The van der Waals surface area contributed by atoms with Crippen LogP contribution in [0, 0.1) is 0 Å². The number of fused-ring (bicyclic) bond motifs is 1. The number of carboxylic acids is 1. The van der Waals surface area contributed by atoms with E-state index in [9.17, 15) is 4.79 Å². The summed E-state index contributed by atoms with van der Waals surface area (Å²) in [5, 5.41) is 12.3. The van der Waals surface area contributed by atoms with Crippen molar-refractivity contribution in [2.24, 2.45) is 0 Å². The van der Waals surface area contributed by atoms with Gasteiger partial charge in [0.15, 0.2) is 0 Å². The van der Waals surface area contributed by atoms with Crippen molar-refractivity contribution in [1.29, 1.82) is 0 Å². The number of aromatic carboxylic acids is 1. The van der Waals surface area contributed by atoms with E-state index in [1.54, 1.807) is 0 Å². The summed E-state index contributed by atoms with van der Waals surface area (Å²) in [7, 11) is 0. The summed E-state index contributed by atoms with van der Waals surface area (Å²) in [4.78, 5) is 21.3. The average Bonchev–Trinajstić information content (AvgIpc) is 2.95. The van der Waals surface area contributed by atoms with Gasteiger partial charge in [-0.25, -0.2) is 14.8 Å². The number of hydrogen-bond donors (Lipinski definition) is 2. The second-order valence-electron chi connectivity index (χ2n) is 5.57. The predicted molar refractivity (Wildman–Crippen MR) is 75.0 cm³/mol. The lowest BCUT2D eigenvalue weighted by Gasteiger charge is -2.35. The first-order valence-electron chi connectivity index (χ1n) is 7.32. The lowest BCUT2D eigenvalue weighted by molar-refractivity contribution is -0.0470. The molecule has 0 amide bonds. The molecule has 2 atom stereocenters. The molecule has 0 bridgehead atoms. The molecule has 21 heavy (non-hydrogen) atoms. The summed E-state index contributed by atoms with van der Waals surface area (Å²) in [6.07, 6.45) is 5.36. The van der Waals surface area contributed by atoms with Crippen molar-refractivity contribution in [3.8, 4) is 0 Å². The second-order valence-corrected chi connectivity index (χ2v) is 5.57. The molecule has 3 heterocycles. The number of hydrogen-bond acceptors (Lipinski definition) is 6. The first-order valence-corrected chi connectivity index (χ1v) is 7.32. The molecule has 2 fully saturated rings. The standard InChI is InChI=1S/C14H20N4O3/c19-14(20)12-5-16-9-17-13(12)6-15-4-11-7-18-3-1-2-10(18)8-21-11/h5,9-11,15H,1-4,6-8H2,(H,19,20). The van der Waals surface area contributed by atoms with Crippen molar-refractivity contribution in [3.05, 3.63) is 23.8 Å². The zero-order valence-corrected chi connectivity index (χ0v) is 11.9. The highest BCUT2D eigenvalue weighted by atomic mass is 16.5. The Hall–Kier alpha value is -1.57. The highest BCUT2D eigenvalue weighted by Gasteiger charge is 2.31. The van der Waals surface area contributed by atoms with E-state index in [-0.39, 0.29) is 11.7 Å². The van der Waals surface area contributed by atoms with Gasteiger partial charge in [-0.2, -0.15) is 0 Å². The number of carbonyl (C=O) groups is 1. The molecule has 7 nitrogen and oxygen atoms in total. The molecule has 2 unspecified atom stereocenters. The molecule has 7 heteroatoms. The average molecular weight is 292 g/mol. The summed E-state index contributed by atoms with van der Waals surface area (Å²) < 4.78 is 5.85. The van der Waals surface area contributed by atoms with Crippen molar-refractivity contribution in [2.45, 2.75) is 31.5 Å². The number of ether oxygens (including phenoxy) is 1. The SMILES string of the molecule is O=C(O)c1cncnc1CNCC1CN2CCCC2CO1. The van der Waals surface area contributed by atoms with Crippen LogP contribution in [-0.2, 0) is 11.3 Å². The number of morpholine rings is 1. The van der Waals surface area contributed by atoms with Crippen molar-refractivity contribution >= 4 is 5.97 Å². The van der Waals surface area contributed by atoms with Gasteiger partial charge in [-0.15, -0.1) is 0 Å². The monoisotopic (exact) mass is 292 g/mol.